The topological polar surface area (TPSA) is 12.9 Å². The molecule has 0 aliphatic heterocycles. The largest absolute Gasteiger partial charge is 0.249 e. The first-order chi connectivity index (χ1) is 6.40. The summed E-state index contributed by atoms with van der Waals surface area (Å²) in [7, 11) is 0. The zero-order valence-electron chi connectivity index (χ0n) is 8.20. The number of thiazole rings is 1. The predicted molar refractivity (Wildman–Crippen MR) is 57.1 cm³/mol. The van der Waals surface area contributed by atoms with Crippen LogP contribution >= 0.6 is 11.3 Å². The van der Waals surface area contributed by atoms with Crippen LogP contribution in [0, 0.1) is 5.92 Å². The monoisotopic (exact) mass is 195 g/mol. The lowest BCUT2D eigenvalue weighted by Gasteiger charge is -2.26. The van der Waals surface area contributed by atoms with Gasteiger partial charge in [0.25, 0.3) is 0 Å². The maximum absolute atomic E-state index is 4.41. The summed E-state index contributed by atoms with van der Waals surface area (Å²) in [4.78, 5) is 4.41. The minimum Gasteiger partial charge on any atom is -0.249 e. The Morgan fingerprint density at radius 3 is 2.69 bits per heavy atom. The van der Waals surface area contributed by atoms with Gasteiger partial charge in [-0.3, -0.25) is 0 Å². The second kappa shape index (κ2) is 4.23. The molecule has 0 aromatic carbocycles. The molecule has 1 heterocycles. The van der Waals surface area contributed by atoms with Crippen LogP contribution in [-0.4, -0.2) is 4.98 Å². The van der Waals surface area contributed by atoms with E-state index in [1.807, 2.05) is 17.5 Å². The van der Waals surface area contributed by atoms with Gasteiger partial charge in [-0.15, -0.1) is 11.3 Å². The van der Waals surface area contributed by atoms with Crippen molar-refractivity contribution in [3.05, 3.63) is 16.6 Å². The molecule has 1 fully saturated rings. The third kappa shape index (κ3) is 2.11. The van der Waals surface area contributed by atoms with Crippen molar-refractivity contribution in [2.45, 2.75) is 44.9 Å². The lowest BCUT2D eigenvalue weighted by molar-refractivity contribution is 0.318. The van der Waals surface area contributed by atoms with E-state index in [1.165, 1.54) is 37.1 Å². The van der Waals surface area contributed by atoms with Crippen molar-refractivity contribution in [2.75, 3.05) is 0 Å². The first-order valence-electron chi connectivity index (χ1n) is 5.29. The summed E-state index contributed by atoms with van der Waals surface area (Å²) < 4.78 is 0. The van der Waals surface area contributed by atoms with Gasteiger partial charge in [-0.2, -0.15) is 0 Å². The zero-order chi connectivity index (χ0) is 9.10. The standard InChI is InChI=1S/C11H17NS/c1-2-9-3-5-10(6-4-9)11-12-7-8-13-11/h7-10H,2-6H2,1H3. The molecule has 0 unspecified atom stereocenters. The quantitative estimate of drug-likeness (QED) is 0.699. The molecule has 72 valence electrons. The van der Waals surface area contributed by atoms with E-state index in [0.29, 0.717) is 0 Å². The number of hydrogen-bond donors (Lipinski definition) is 0. The van der Waals surface area contributed by atoms with Crippen LogP contribution in [0.5, 0.6) is 0 Å². The van der Waals surface area contributed by atoms with E-state index < -0.39 is 0 Å². The van der Waals surface area contributed by atoms with Crippen molar-refractivity contribution in [3.8, 4) is 0 Å². The molecule has 0 amide bonds. The fourth-order valence-electron chi connectivity index (χ4n) is 2.25. The molecule has 0 radical (unpaired) electrons. The van der Waals surface area contributed by atoms with Gasteiger partial charge >= 0.3 is 0 Å². The normalized spacial score (nSPS) is 29.0. The number of rotatable bonds is 2. The number of aromatic nitrogens is 1. The average molecular weight is 195 g/mol. The SMILES string of the molecule is CCC1CCC(c2nccs2)CC1. The molecule has 0 spiro atoms. The maximum atomic E-state index is 4.41. The molecule has 2 rings (SSSR count). The summed E-state index contributed by atoms with van der Waals surface area (Å²) >= 11 is 1.83. The Morgan fingerprint density at radius 1 is 1.38 bits per heavy atom. The predicted octanol–water partition coefficient (Wildman–Crippen LogP) is 3.83. The van der Waals surface area contributed by atoms with Crippen LogP contribution in [0.25, 0.3) is 0 Å². The minimum absolute atomic E-state index is 0.780. The van der Waals surface area contributed by atoms with Crippen molar-refractivity contribution in [1.82, 2.24) is 4.98 Å². The molecule has 0 saturated heterocycles. The van der Waals surface area contributed by atoms with E-state index in [-0.39, 0.29) is 0 Å². The van der Waals surface area contributed by atoms with Gasteiger partial charge in [-0.1, -0.05) is 13.3 Å². The highest BCUT2D eigenvalue weighted by molar-refractivity contribution is 7.09. The van der Waals surface area contributed by atoms with Crippen LogP contribution in [0.15, 0.2) is 11.6 Å². The van der Waals surface area contributed by atoms with Gasteiger partial charge < -0.3 is 0 Å². The van der Waals surface area contributed by atoms with Crippen LogP contribution in [0.2, 0.25) is 0 Å². The molecule has 1 saturated carbocycles. The van der Waals surface area contributed by atoms with Crippen molar-refractivity contribution in [3.63, 3.8) is 0 Å². The van der Waals surface area contributed by atoms with Crippen LogP contribution in [0.1, 0.15) is 50.0 Å². The first-order valence-corrected chi connectivity index (χ1v) is 6.17. The Labute approximate surface area is 84.2 Å². The van der Waals surface area contributed by atoms with Crippen LogP contribution in [-0.2, 0) is 0 Å². The molecule has 0 atom stereocenters. The maximum Gasteiger partial charge on any atom is 0.0955 e. The molecule has 1 nitrogen and oxygen atoms in total. The van der Waals surface area contributed by atoms with Crippen LogP contribution in [0.3, 0.4) is 0 Å². The van der Waals surface area contributed by atoms with Crippen molar-refractivity contribution in [1.29, 1.82) is 0 Å². The third-order valence-electron chi connectivity index (χ3n) is 3.22. The summed E-state index contributed by atoms with van der Waals surface area (Å²) in [6.07, 6.45) is 8.87. The Bertz CT molecular complexity index is 235. The first kappa shape index (κ1) is 9.20. The fourth-order valence-corrected chi connectivity index (χ4v) is 3.06. The Hall–Kier alpha value is -0.370. The van der Waals surface area contributed by atoms with Gasteiger partial charge in [-0.25, -0.2) is 4.98 Å². The molecule has 13 heavy (non-hydrogen) atoms. The second-order valence-electron chi connectivity index (χ2n) is 4.00. The molecule has 0 N–H and O–H groups in total. The summed E-state index contributed by atoms with van der Waals surface area (Å²) in [5, 5.41) is 3.47. The van der Waals surface area contributed by atoms with E-state index in [9.17, 15) is 0 Å². The van der Waals surface area contributed by atoms with E-state index >= 15 is 0 Å². The van der Waals surface area contributed by atoms with E-state index in [4.69, 9.17) is 0 Å². The molecule has 1 aliphatic rings. The highest BCUT2D eigenvalue weighted by Gasteiger charge is 2.22. The van der Waals surface area contributed by atoms with Gasteiger partial charge in [-0.05, 0) is 31.6 Å². The zero-order valence-corrected chi connectivity index (χ0v) is 9.02. The number of hydrogen-bond acceptors (Lipinski definition) is 2. The Morgan fingerprint density at radius 2 is 2.15 bits per heavy atom. The summed E-state index contributed by atoms with van der Waals surface area (Å²) in [5.74, 6) is 1.78. The van der Waals surface area contributed by atoms with Gasteiger partial charge in [0, 0.05) is 17.5 Å². The molecule has 0 bridgehead atoms. The molecular weight excluding hydrogens is 178 g/mol. The highest BCUT2D eigenvalue weighted by atomic mass is 32.1. The average Bonchev–Trinajstić information content (AvgIpc) is 2.71. The molecule has 1 aromatic rings. The van der Waals surface area contributed by atoms with Crippen LogP contribution in [0.4, 0.5) is 0 Å². The van der Waals surface area contributed by atoms with Gasteiger partial charge in [0.1, 0.15) is 0 Å². The van der Waals surface area contributed by atoms with E-state index in [0.717, 1.165) is 11.8 Å². The minimum atomic E-state index is 0.780. The molecule has 2 heteroatoms. The molecular formula is C11H17NS. The summed E-state index contributed by atoms with van der Waals surface area (Å²) in [6, 6.07) is 0. The Balaban J connectivity index is 1.92. The van der Waals surface area contributed by atoms with E-state index in [2.05, 4.69) is 17.3 Å². The van der Waals surface area contributed by atoms with Crippen molar-refractivity contribution >= 4 is 11.3 Å². The molecule has 1 aliphatic carbocycles. The van der Waals surface area contributed by atoms with Gasteiger partial charge in [0.15, 0.2) is 0 Å². The van der Waals surface area contributed by atoms with E-state index in [1.54, 1.807) is 0 Å². The lowest BCUT2D eigenvalue weighted by Crippen LogP contribution is -2.12. The molecule has 1 aromatic heterocycles. The third-order valence-corrected chi connectivity index (χ3v) is 4.16. The van der Waals surface area contributed by atoms with Gasteiger partial charge in [0.05, 0.1) is 5.01 Å². The summed E-state index contributed by atoms with van der Waals surface area (Å²) in [6.45, 7) is 2.31. The fraction of sp³-hybridized carbons (Fsp3) is 0.727. The van der Waals surface area contributed by atoms with Crippen LogP contribution < -0.4 is 0 Å². The van der Waals surface area contributed by atoms with Gasteiger partial charge in [0.2, 0.25) is 0 Å². The second-order valence-corrected chi connectivity index (χ2v) is 4.92. The Kier molecular flexibility index (Phi) is 2.99. The highest BCUT2D eigenvalue weighted by Crippen LogP contribution is 2.37. The van der Waals surface area contributed by atoms with Crippen molar-refractivity contribution < 1.29 is 0 Å². The number of nitrogens with zero attached hydrogens (tertiary/aromatic N) is 1. The summed E-state index contributed by atoms with van der Waals surface area (Å²) in [5.41, 5.74) is 0. The smallest absolute Gasteiger partial charge is 0.0955 e. The van der Waals surface area contributed by atoms with Crippen molar-refractivity contribution in [2.24, 2.45) is 5.92 Å². The lowest BCUT2D eigenvalue weighted by atomic mass is 9.81.